The van der Waals surface area contributed by atoms with Crippen LogP contribution in [0, 0.1) is 11.3 Å². The number of nitrogens with one attached hydrogen (secondary N) is 5. The van der Waals surface area contributed by atoms with Crippen LogP contribution in [0.15, 0.2) is 30.3 Å². The fraction of sp³-hybridized carbons (Fsp3) is 0.593. The molecule has 16 heteroatoms. The predicted molar refractivity (Wildman–Crippen MR) is 157 cm³/mol. The number of rotatable bonds is 8. The molecule has 240 valence electrons. The van der Waals surface area contributed by atoms with Crippen molar-refractivity contribution in [1.29, 1.82) is 5.41 Å². The molecule has 1 aliphatic heterocycles. The Morgan fingerprint density at radius 1 is 1.05 bits per heavy atom. The maximum atomic E-state index is 13.8. The van der Waals surface area contributed by atoms with E-state index in [-0.39, 0.29) is 31.1 Å². The zero-order valence-electron chi connectivity index (χ0n) is 24.8. The van der Waals surface area contributed by atoms with Crippen LogP contribution in [0.5, 0.6) is 0 Å². The maximum absolute atomic E-state index is 13.8. The molecule has 0 spiro atoms. The number of hydrogen-bond donors (Lipinski definition) is 7. The SMILES string of the molecule is CC(C)C1C(=O)NC(CCCCC(=N)N)C(=O)NCC(=O)NC(C)C(O)NC(Cc2ccccc2)C(=O)N1C.O=S(=O)=O. The van der Waals surface area contributed by atoms with Gasteiger partial charge in [-0.2, -0.15) is 0 Å². The molecule has 8 N–H and O–H groups in total. The number of unbranched alkanes of at least 4 members (excludes halogenated alkanes) is 1. The molecular formula is C27H43N7O8S. The number of aliphatic hydroxyl groups is 1. The van der Waals surface area contributed by atoms with Crippen molar-refractivity contribution in [3.8, 4) is 0 Å². The van der Waals surface area contributed by atoms with Gasteiger partial charge >= 0.3 is 10.6 Å². The van der Waals surface area contributed by atoms with E-state index in [4.69, 9.17) is 23.8 Å². The van der Waals surface area contributed by atoms with E-state index in [9.17, 15) is 24.3 Å². The van der Waals surface area contributed by atoms with Crippen LogP contribution in [0.25, 0.3) is 0 Å². The van der Waals surface area contributed by atoms with Gasteiger partial charge in [0.1, 0.15) is 18.3 Å². The first-order valence-corrected chi connectivity index (χ1v) is 14.9. The number of nitrogens with zero attached hydrogens (tertiary/aromatic N) is 1. The highest BCUT2D eigenvalue weighted by atomic mass is 32.2. The Morgan fingerprint density at radius 3 is 2.21 bits per heavy atom. The number of carbonyl (C=O) groups excluding carboxylic acids is 4. The number of amidine groups is 1. The molecule has 1 aromatic rings. The molecule has 43 heavy (non-hydrogen) atoms. The zero-order valence-corrected chi connectivity index (χ0v) is 25.6. The van der Waals surface area contributed by atoms with Gasteiger partial charge in [0, 0.05) is 13.5 Å². The highest BCUT2D eigenvalue weighted by Crippen LogP contribution is 2.15. The van der Waals surface area contributed by atoms with Gasteiger partial charge in [-0.1, -0.05) is 50.6 Å². The van der Waals surface area contributed by atoms with Gasteiger partial charge in [0.25, 0.3) is 0 Å². The monoisotopic (exact) mass is 625 g/mol. The van der Waals surface area contributed by atoms with Crippen LogP contribution in [0.3, 0.4) is 0 Å². The van der Waals surface area contributed by atoms with Gasteiger partial charge in [-0.25, -0.2) is 0 Å². The normalized spacial score (nSPS) is 24.0. The molecule has 0 aliphatic carbocycles. The average Bonchev–Trinajstić information content (AvgIpc) is 2.92. The Labute approximate surface area is 252 Å². The van der Waals surface area contributed by atoms with Gasteiger partial charge < -0.3 is 31.7 Å². The van der Waals surface area contributed by atoms with Crippen molar-refractivity contribution in [2.75, 3.05) is 13.6 Å². The number of carbonyl (C=O) groups is 4. The molecule has 0 radical (unpaired) electrons. The van der Waals surface area contributed by atoms with Crippen LogP contribution in [-0.2, 0) is 36.2 Å². The lowest BCUT2D eigenvalue weighted by Crippen LogP contribution is -2.60. The molecule has 4 amide bonds. The first-order chi connectivity index (χ1) is 20.1. The molecule has 0 bridgehead atoms. The first kappa shape index (κ1) is 37.1. The molecule has 1 heterocycles. The number of amides is 4. The molecule has 0 saturated carbocycles. The number of aliphatic hydroxyl groups excluding tert-OH is 1. The minimum Gasteiger partial charge on any atom is -0.388 e. The topological polar surface area (TPSA) is 241 Å². The van der Waals surface area contributed by atoms with Gasteiger partial charge in [-0.3, -0.25) is 29.9 Å². The van der Waals surface area contributed by atoms with Gasteiger partial charge in [-0.05, 0) is 37.7 Å². The van der Waals surface area contributed by atoms with Crippen molar-refractivity contribution in [2.24, 2.45) is 11.7 Å². The van der Waals surface area contributed by atoms with Crippen molar-refractivity contribution in [3.63, 3.8) is 0 Å². The van der Waals surface area contributed by atoms with E-state index in [2.05, 4.69) is 21.3 Å². The lowest BCUT2D eigenvalue weighted by atomic mass is 9.98. The van der Waals surface area contributed by atoms with Crippen molar-refractivity contribution >= 4 is 40.1 Å². The van der Waals surface area contributed by atoms with Crippen LogP contribution in [0.4, 0.5) is 0 Å². The first-order valence-electron chi connectivity index (χ1n) is 13.9. The fourth-order valence-corrected chi connectivity index (χ4v) is 4.59. The summed E-state index contributed by atoms with van der Waals surface area (Å²) < 4.78 is 25.3. The van der Waals surface area contributed by atoms with Crippen LogP contribution in [-0.4, -0.2) is 96.1 Å². The summed E-state index contributed by atoms with van der Waals surface area (Å²) in [4.78, 5) is 54.1. The molecule has 0 aromatic heterocycles. The average molecular weight is 626 g/mol. The Hall–Kier alpha value is -3.89. The minimum absolute atomic E-state index is 0.0391. The van der Waals surface area contributed by atoms with E-state index in [1.807, 2.05) is 44.2 Å². The van der Waals surface area contributed by atoms with Gasteiger partial charge in [0.15, 0.2) is 0 Å². The van der Waals surface area contributed by atoms with E-state index < -0.39 is 64.6 Å². The van der Waals surface area contributed by atoms with Crippen LogP contribution < -0.4 is 27.0 Å². The molecule has 1 aromatic carbocycles. The fourth-order valence-electron chi connectivity index (χ4n) is 4.59. The number of hydrogen-bond acceptors (Lipinski definition) is 10. The summed E-state index contributed by atoms with van der Waals surface area (Å²) in [6, 6.07) is 5.76. The van der Waals surface area contributed by atoms with Crippen LogP contribution in [0.1, 0.15) is 52.0 Å². The quantitative estimate of drug-likeness (QED) is 0.101. The third-order valence-electron chi connectivity index (χ3n) is 6.73. The Kier molecular flexibility index (Phi) is 16.1. The van der Waals surface area contributed by atoms with Crippen molar-refractivity contribution in [3.05, 3.63) is 35.9 Å². The van der Waals surface area contributed by atoms with Crippen molar-refractivity contribution < 1.29 is 36.9 Å². The summed E-state index contributed by atoms with van der Waals surface area (Å²) in [7, 11) is -1.58. The molecule has 5 atom stereocenters. The molecule has 15 nitrogen and oxygen atoms in total. The summed E-state index contributed by atoms with van der Waals surface area (Å²) in [6.07, 6.45) is 0.671. The van der Waals surface area contributed by atoms with Gasteiger partial charge in [0.05, 0.1) is 24.5 Å². The number of likely N-dealkylation sites (N-methyl/N-ethyl adjacent to an activating group) is 1. The number of nitrogens with two attached hydrogens (primary N) is 1. The van der Waals surface area contributed by atoms with Gasteiger partial charge in [-0.15, -0.1) is 12.6 Å². The van der Waals surface area contributed by atoms with E-state index >= 15 is 0 Å². The summed E-state index contributed by atoms with van der Waals surface area (Å²) in [5.74, 6) is -2.24. The van der Waals surface area contributed by atoms with Gasteiger partial charge in [0.2, 0.25) is 23.6 Å². The highest BCUT2D eigenvalue weighted by molar-refractivity contribution is 7.59. The summed E-state index contributed by atoms with van der Waals surface area (Å²) in [5.41, 5.74) is 6.27. The van der Waals surface area contributed by atoms with E-state index in [0.29, 0.717) is 19.3 Å². The molecule has 2 rings (SSSR count). The lowest BCUT2D eigenvalue weighted by molar-refractivity contribution is -0.143. The second kappa shape index (κ2) is 18.6. The van der Waals surface area contributed by atoms with Crippen LogP contribution in [0.2, 0.25) is 0 Å². The predicted octanol–water partition coefficient (Wildman–Crippen LogP) is -1.40. The van der Waals surface area contributed by atoms with Crippen LogP contribution >= 0.6 is 0 Å². The second-order valence-electron chi connectivity index (χ2n) is 10.6. The summed E-state index contributed by atoms with van der Waals surface area (Å²) in [5, 5.41) is 29.1. The lowest BCUT2D eigenvalue weighted by Gasteiger charge is -2.35. The summed E-state index contributed by atoms with van der Waals surface area (Å²) in [6.45, 7) is 4.85. The maximum Gasteiger partial charge on any atom is 0.425 e. The molecule has 5 unspecified atom stereocenters. The summed E-state index contributed by atoms with van der Waals surface area (Å²) >= 11 is 0. The molecule has 1 fully saturated rings. The standard InChI is InChI=1S/C27H43N7O5.O3S/c1-16(2)23-26(38)32-19(12-8-9-13-21(28)29)25(37)30-15-22(35)31-17(3)24(36)33-20(27(39)34(23)4)14-18-10-6-5-7-11-18;1-4(2)3/h5-7,10-11,16-17,19-20,23-24,33,36H,8-9,12-15H2,1-4H3,(H3,28,29)(H,30,37)(H,31,35)(H,32,38);. The number of benzene rings is 1. The molecular weight excluding hydrogens is 582 g/mol. The third kappa shape index (κ3) is 13.8. The largest absolute Gasteiger partial charge is 0.425 e. The van der Waals surface area contributed by atoms with E-state index in [1.165, 1.54) is 11.9 Å². The van der Waals surface area contributed by atoms with Crippen molar-refractivity contribution in [1.82, 2.24) is 26.2 Å². The van der Waals surface area contributed by atoms with E-state index in [0.717, 1.165) is 5.56 Å². The second-order valence-corrected chi connectivity index (χ2v) is 11.0. The Balaban J connectivity index is 0.00000217. The smallest absolute Gasteiger partial charge is 0.388 e. The zero-order chi connectivity index (χ0) is 32.7. The van der Waals surface area contributed by atoms with E-state index in [1.54, 1.807) is 6.92 Å². The van der Waals surface area contributed by atoms with Crippen molar-refractivity contribution in [2.45, 2.75) is 83.3 Å². The minimum atomic E-state index is -3.11. The third-order valence-corrected chi connectivity index (χ3v) is 6.73. The highest BCUT2D eigenvalue weighted by Gasteiger charge is 2.36. The Bertz CT molecular complexity index is 1210. The molecule has 1 saturated heterocycles. The molecule has 1 aliphatic rings. The Morgan fingerprint density at radius 2 is 1.65 bits per heavy atom.